The van der Waals surface area contributed by atoms with Crippen LogP contribution in [0.4, 0.5) is 0 Å². The minimum absolute atomic E-state index is 0.0332. The summed E-state index contributed by atoms with van der Waals surface area (Å²) in [7, 11) is 0. The maximum Gasteiger partial charge on any atom is 0.246 e. The number of nitrogens with zero attached hydrogens (tertiary/aromatic N) is 1. The van der Waals surface area contributed by atoms with Crippen LogP contribution in [0.2, 0.25) is 0 Å². The van der Waals surface area contributed by atoms with E-state index in [2.05, 4.69) is 0 Å². The fourth-order valence-corrected chi connectivity index (χ4v) is 2.47. The van der Waals surface area contributed by atoms with E-state index in [1.54, 1.807) is 6.08 Å². The molecule has 0 bridgehead atoms. The standard InChI is InChI=1S/C17H23NO3/c1-4-20-16-8-5-15(6-9-16)7-10-17(19)18-11-13(2)21-14(3)12-18/h5-10,13-14H,4,11-12H2,1-3H3/b10-7+. The van der Waals surface area contributed by atoms with Crippen molar-refractivity contribution in [3.8, 4) is 5.75 Å². The van der Waals surface area contributed by atoms with Crippen molar-refractivity contribution < 1.29 is 14.3 Å². The zero-order valence-corrected chi connectivity index (χ0v) is 12.9. The molecule has 114 valence electrons. The highest BCUT2D eigenvalue weighted by molar-refractivity contribution is 5.91. The second-order valence-electron chi connectivity index (χ2n) is 5.34. The van der Waals surface area contributed by atoms with Gasteiger partial charge in [0.05, 0.1) is 18.8 Å². The molecule has 1 aliphatic heterocycles. The van der Waals surface area contributed by atoms with Crippen LogP contribution in [-0.2, 0) is 9.53 Å². The molecule has 1 aromatic carbocycles. The monoisotopic (exact) mass is 289 g/mol. The third-order valence-electron chi connectivity index (χ3n) is 3.34. The highest BCUT2D eigenvalue weighted by Crippen LogP contribution is 2.14. The van der Waals surface area contributed by atoms with E-state index in [9.17, 15) is 4.79 Å². The average molecular weight is 289 g/mol. The SMILES string of the molecule is CCOc1ccc(/C=C/C(=O)N2CC(C)OC(C)C2)cc1. The molecule has 4 heteroatoms. The lowest BCUT2D eigenvalue weighted by atomic mass is 10.2. The summed E-state index contributed by atoms with van der Waals surface area (Å²) in [4.78, 5) is 14.0. The van der Waals surface area contributed by atoms with Gasteiger partial charge in [-0.1, -0.05) is 12.1 Å². The van der Waals surface area contributed by atoms with E-state index in [0.717, 1.165) is 11.3 Å². The lowest BCUT2D eigenvalue weighted by Gasteiger charge is -2.34. The summed E-state index contributed by atoms with van der Waals surface area (Å²) in [5.74, 6) is 0.877. The Kier molecular flexibility index (Phi) is 5.39. The van der Waals surface area contributed by atoms with Gasteiger partial charge in [0.15, 0.2) is 0 Å². The predicted molar refractivity (Wildman–Crippen MR) is 83.2 cm³/mol. The van der Waals surface area contributed by atoms with Crippen molar-refractivity contribution >= 4 is 12.0 Å². The first-order chi connectivity index (χ1) is 10.1. The molecular formula is C17H23NO3. The minimum atomic E-state index is 0.0332. The van der Waals surface area contributed by atoms with E-state index in [0.29, 0.717) is 19.7 Å². The molecule has 1 aromatic rings. The third kappa shape index (κ3) is 4.60. The molecule has 2 unspecified atom stereocenters. The van der Waals surface area contributed by atoms with Crippen molar-refractivity contribution in [1.29, 1.82) is 0 Å². The quantitative estimate of drug-likeness (QED) is 0.800. The minimum Gasteiger partial charge on any atom is -0.494 e. The highest BCUT2D eigenvalue weighted by atomic mass is 16.5. The molecule has 1 amide bonds. The van der Waals surface area contributed by atoms with E-state index in [1.165, 1.54) is 0 Å². The number of carbonyl (C=O) groups is 1. The summed E-state index contributed by atoms with van der Waals surface area (Å²) in [5, 5.41) is 0. The molecule has 0 N–H and O–H groups in total. The fourth-order valence-electron chi connectivity index (χ4n) is 2.47. The van der Waals surface area contributed by atoms with Gasteiger partial charge in [-0.25, -0.2) is 0 Å². The number of benzene rings is 1. The topological polar surface area (TPSA) is 38.8 Å². The maximum atomic E-state index is 12.2. The van der Waals surface area contributed by atoms with E-state index in [-0.39, 0.29) is 18.1 Å². The maximum absolute atomic E-state index is 12.2. The Labute approximate surface area is 126 Å². The normalized spacial score (nSPS) is 22.5. The molecule has 0 aromatic heterocycles. The Balaban J connectivity index is 1.95. The zero-order valence-electron chi connectivity index (χ0n) is 12.9. The molecule has 0 saturated carbocycles. The third-order valence-corrected chi connectivity index (χ3v) is 3.34. The van der Waals surface area contributed by atoms with Gasteiger partial charge in [0.25, 0.3) is 0 Å². The first-order valence-corrected chi connectivity index (χ1v) is 7.43. The first-order valence-electron chi connectivity index (χ1n) is 7.43. The van der Waals surface area contributed by atoms with E-state index >= 15 is 0 Å². The molecule has 2 atom stereocenters. The van der Waals surface area contributed by atoms with Crippen LogP contribution in [0, 0.1) is 0 Å². The number of morpholine rings is 1. The smallest absolute Gasteiger partial charge is 0.246 e. The summed E-state index contributed by atoms with van der Waals surface area (Å²) >= 11 is 0. The van der Waals surface area contributed by atoms with Gasteiger partial charge < -0.3 is 14.4 Å². The number of ether oxygens (including phenoxy) is 2. The Morgan fingerprint density at radius 3 is 2.48 bits per heavy atom. The van der Waals surface area contributed by atoms with Gasteiger partial charge in [0.2, 0.25) is 5.91 Å². The second-order valence-corrected chi connectivity index (χ2v) is 5.34. The highest BCUT2D eigenvalue weighted by Gasteiger charge is 2.24. The van der Waals surface area contributed by atoms with Crippen molar-refractivity contribution in [2.45, 2.75) is 33.0 Å². The lowest BCUT2D eigenvalue weighted by Crippen LogP contribution is -2.47. The zero-order chi connectivity index (χ0) is 15.2. The van der Waals surface area contributed by atoms with Crippen LogP contribution >= 0.6 is 0 Å². The lowest BCUT2D eigenvalue weighted by molar-refractivity contribution is -0.137. The van der Waals surface area contributed by atoms with Crippen molar-refractivity contribution in [3.05, 3.63) is 35.9 Å². The number of rotatable bonds is 4. The molecule has 1 saturated heterocycles. The Morgan fingerprint density at radius 1 is 1.29 bits per heavy atom. The van der Waals surface area contributed by atoms with E-state index < -0.39 is 0 Å². The second kappa shape index (κ2) is 7.27. The van der Waals surface area contributed by atoms with Gasteiger partial charge in [-0.05, 0) is 44.5 Å². The summed E-state index contributed by atoms with van der Waals surface area (Å²) in [6.07, 6.45) is 3.65. The molecule has 0 aliphatic carbocycles. The van der Waals surface area contributed by atoms with Gasteiger partial charge in [-0.15, -0.1) is 0 Å². The molecule has 1 heterocycles. The van der Waals surface area contributed by atoms with E-state index in [4.69, 9.17) is 9.47 Å². The van der Waals surface area contributed by atoms with Crippen LogP contribution in [-0.4, -0.2) is 42.7 Å². The molecule has 4 nitrogen and oxygen atoms in total. The summed E-state index contributed by atoms with van der Waals surface area (Å²) in [6.45, 7) is 7.89. The van der Waals surface area contributed by atoms with Gasteiger partial charge >= 0.3 is 0 Å². The number of amides is 1. The summed E-state index contributed by atoms with van der Waals surface area (Å²) in [5.41, 5.74) is 0.987. The number of hydrogen-bond acceptors (Lipinski definition) is 3. The van der Waals surface area contributed by atoms with Crippen molar-refractivity contribution in [1.82, 2.24) is 4.90 Å². The first kappa shape index (κ1) is 15.6. The number of carbonyl (C=O) groups excluding carboxylic acids is 1. The van der Waals surface area contributed by atoms with Crippen LogP contribution in [0.1, 0.15) is 26.3 Å². The largest absolute Gasteiger partial charge is 0.494 e. The Hall–Kier alpha value is -1.81. The van der Waals surface area contributed by atoms with Crippen LogP contribution in [0.25, 0.3) is 6.08 Å². The van der Waals surface area contributed by atoms with Gasteiger partial charge in [-0.3, -0.25) is 4.79 Å². The van der Waals surface area contributed by atoms with Crippen LogP contribution in [0.3, 0.4) is 0 Å². The van der Waals surface area contributed by atoms with Crippen LogP contribution < -0.4 is 4.74 Å². The molecule has 2 rings (SSSR count). The Bertz CT molecular complexity index is 485. The van der Waals surface area contributed by atoms with Crippen molar-refractivity contribution in [2.24, 2.45) is 0 Å². The summed E-state index contributed by atoms with van der Waals surface area (Å²) < 4.78 is 11.0. The summed E-state index contributed by atoms with van der Waals surface area (Å²) in [6, 6.07) is 7.71. The molecular weight excluding hydrogens is 266 g/mol. The van der Waals surface area contributed by atoms with Crippen LogP contribution in [0.15, 0.2) is 30.3 Å². The molecule has 0 radical (unpaired) electrons. The van der Waals surface area contributed by atoms with Crippen molar-refractivity contribution in [2.75, 3.05) is 19.7 Å². The van der Waals surface area contributed by atoms with Crippen LogP contribution in [0.5, 0.6) is 5.75 Å². The van der Waals surface area contributed by atoms with Gasteiger partial charge in [0.1, 0.15) is 5.75 Å². The molecule has 0 spiro atoms. The van der Waals surface area contributed by atoms with E-state index in [1.807, 2.05) is 56.0 Å². The van der Waals surface area contributed by atoms with Gasteiger partial charge in [0, 0.05) is 19.2 Å². The number of hydrogen-bond donors (Lipinski definition) is 0. The van der Waals surface area contributed by atoms with Crippen molar-refractivity contribution in [3.63, 3.8) is 0 Å². The fraction of sp³-hybridized carbons (Fsp3) is 0.471. The predicted octanol–water partition coefficient (Wildman–Crippen LogP) is 2.73. The molecule has 1 fully saturated rings. The molecule has 21 heavy (non-hydrogen) atoms. The van der Waals surface area contributed by atoms with Gasteiger partial charge in [-0.2, -0.15) is 0 Å². The average Bonchev–Trinajstić information content (AvgIpc) is 2.45. The molecule has 1 aliphatic rings. The Morgan fingerprint density at radius 2 is 1.90 bits per heavy atom.